The Morgan fingerprint density at radius 2 is 0.726 bits per heavy atom. The maximum Gasteiger partial charge on any atom is 0.238 e. The highest BCUT2D eigenvalue weighted by Gasteiger charge is 2.23. The molecule has 0 aliphatic heterocycles. The van der Waals surface area contributed by atoms with Gasteiger partial charge in [0.2, 0.25) is 5.95 Å². The van der Waals surface area contributed by atoms with E-state index < -0.39 is 0 Å². The largest absolute Gasteiger partial charge is 0.309 e. The monoisotopic (exact) mass is 791 g/mol. The minimum absolute atomic E-state index is 0.560. The first kappa shape index (κ1) is 35.5. The minimum Gasteiger partial charge on any atom is -0.309 e. The number of fused-ring (bicyclic) bond motifs is 7. The summed E-state index contributed by atoms with van der Waals surface area (Å²) in [6.07, 6.45) is 0. The summed E-state index contributed by atoms with van der Waals surface area (Å²) in [5.41, 5.74) is 14.3. The molecule has 62 heavy (non-hydrogen) atoms. The number of aromatic nitrogens is 5. The summed E-state index contributed by atoms with van der Waals surface area (Å²) in [5.74, 6) is 1.77. The predicted octanol–water partition coefficient (Wildman–Crippen LogP) is 14.4. The lowest BCUT2D eigenvalue weighted by molar-refractivity contribution is 0.953. The van der Waals surface area contributed by atoms with Crippen LogP contribution in [0.1, 0.15) is 0 Å². The Bertz CT molecular complexity index is 3590. The maximum atomic E-state index is 5.33. The number of hydrogen-bond donors (Lipinski definition) is 0. The fourth-order valence-electron chi connectivity index (χ4n) is 9.06. The van der Waals surface area contributed by atoms with E-state index in [0.717, 1.165) is 71.9 Å². The summed E-state index contributed by atoms with van der Waals surface area (Å²) in [6.45, 7) is 0. The van der Waals surface area contributed by atoms with Crippen LogP contribution in [-0.4, -0.2) is 24.1 Å². The van der Waals surface area contributed by atoms with Crippen LogP contribution in [0.25, 0.3) is 111 Å². The van der Waals surface area contributed by atoms with Gasteiger partial charge in [-0.1, -0.05) is 188 Å². The lowest BCUT2D eigenvalue weighted by atomic mass is 9.98. The molecule has 0 aliphatic carbocycles. The molecule has 12 aromatic rings. The van der Waals surface area contributed by atoms with Crippen LogP contribution in [0.3, 0.4) is 0 Å². The summed E-state index contributed by atoms with van der Waals surface area (Å²) >= 11 is 0. The Labute approximate surface area is 358 Å². The molecule has 5 heteroatoms. The van der Waals surface area contributed by atoms with E-state index in [-0.39, 0.29) is 0 Å². The van der Waals surface area contributed by atoms with Gasteiger partial charge in [0.15, 0.2) is 11.6 Å². The van der Waals surface area contributed by atoms with Crippen LogP contribution in [0.2, 0.25) is 0 Å². The first-order valence-electron chi connectivity index (χ1n) is 20.9. The zero-order valence-electron chi connectivity index (χ0n) is 33.6. The molecular formula is C57H37N5. The van der Waals surface area contributed by atoms with Crippen LogP contribution >= 0.6 is 0 Å². The second-order valence-electron chi connectivity index (χ2n) is 15.6. The Balaban J connectivity index is 1.06. The molecule has 9 aromatic carbocycles. The van der Waals surface area contributed by atoms with Crippen molar-refractivity contribution in [3.05, 3.63) is 224 Å². The van der Waals surface area contributed by atoms with Crippen molar-refractivity contribution in [3.63, 3.8) is 0 Å². The van der Waals surface area contributed by atoms with Crippen molar-refractivity contribution in [1.82, 2.24) is 24.1 Å². The normalized spacial score (nSPS) is 11.5. The quantitative estimate of drug-likeness (QED) is 0.162. The molecule has 0 saturated heterocycles. The van der Waals surface area contributed by atoms with Crippen molar-refractivity contribution >= 4 is 43.6 Å². The number of hydrogen-bond acceptors (Lipinski definition) is 3. The van der Waals surface area contributed by atoms with Crippen LogP contribution in [0.15, 0.2) is 224 Å². The molecule has 5 nitrogen and oxygen atoms in total. The fourth-order valence-corrected chi connectivity index (χ4v) is 9.06. The predicted molar refractivity (Wildman–Crippen MR) is 256 cm³/mol. The van der Waals surface area contributed by atoms with Crippen LogP contribution in [0, 0.1) is 0 Å². The maximum absolute atomic E-state index is 5.33. The van der Waals surface area contributed by atoms with Crippen LogP contribution in [0.5, 0.6) is 0 Å². The molecule has 3 aromatic heterocycles. The SMILES string of the molecule is c1ccc(-c2ccc(-c3nc(-c4ccc(-c5cccc(-c6ccccc6)c5)cc4)nc(-n4c5ccccc5c5c4ccc4c6ccccc6n(-c6ccccc6)c45)n3)cc2)cc1. The van der Waals surface area contributed by atoms with E-state index in [9.17, 15) is 0 Å². The third-order valence-electron chi connectivity index (χ3n) is 12.0. The fraction of sp³-hybridized carbons (Fsp3) is 0. The minimum atomic E-state index is 0.560. The van der Waals surface area contributed by atoms with Crippen molar-refractivity contribution in [2.75, 3.05) is 0 Å². The van der Waals surface area contributed by atoms with E-state index in [2.05, 4.69) is 228 Å². The van der Waals surface area contributed by atoms with Gasteiger partial charge in [0.1, 0.15) is 0 Å². The molecule has 3 heterocycles. The molecule has 0 atom stereocenters. The first-order valence-corrected chi connectivity index (χ1v) is 20.9. The van der Waals surface area contributed by atoms with E-state index in [1.54, 1.807) is 0 Å². The van der Waals surface area contributed by atoms with Gasteiger partial charge in [-0.2, -0.15) is 9.97 Å². The number of rotatable bonds is 7. The summed E-state index contributed by atoms with van der Waals surface area (Å²) < 4.78 is 4.62. The molecular weight excluding hydrogens is 755 g/mol. The molecule has 290 valence electrons. The molecule has 0 N–H and O–H groups in total. The summed E-state index contributed by atoms with van der Waals surface area (Å²) in [4.78, 5) is 15.8. The molecule has 0 saturated carbocycles. The van der Waals surface area contributed by atoms with Crippen LogP contribution < -0.4 is 0 Å². The Hall–Kier alpha value is -8.41. The molecule has 0 spiro atoms. The topological polar surface area (TPSA) is 48.5 Å². The summed E-state index contributed by atoms with van der Waals surface area (Å²) in [5, 5.41) is 4.69. The van der Waals surface area contributed by atoms with E-state index in [1.165, 1.54) is 21.9 Å². The number of nitrogens with zero attached hydrogens (tertiary/aromatic N) is 5. The van der Waals surface area contributed by atoms with E-state index in [0.29, 0.717) is 17.6 Å². The molecule has 0 fully saturated rings. The average molecular weight is 792 g/mol. The molecule has 0 aliphatic rings. The van der Waals surface area contributed by atoms with Gasteiger partial charge in [-0.3, -0.25) is 4.57 Å². The Morgan fingerprint density at radius 3 is 1.34 bits per heavy atom. The van der Waals surface area contributed by atoms with E-state index >= 15 is 0 Å². The van der Waals surface area contributed by atoms with Crippen LogP contribution in [0.4, 0.5) is 0 Å². The van der Waals surface area contributed by atoms with Gasteiger partial charge < -0.3 is 4.57 Å². The molecule has 0 radical (unpaired) electrons. The molecule has 0 unspecified atom stereocenters. The van der Waals surface area contributed by atoms with E-state index in [4.69, 9.17) is 15.0 Å². The number of para-hydroxylation sites is 3. The molecule has 12 rings (SSSR count). The smallest absolute Gasteiger partial charge is 0.238 e. The van der Waals surface area contributed by atoms with Gasteiger partial charge in [0.25, 0.3) is 0 Å². The van der Waals surface area contributed by atoms with Crippen molar-refractivity contribution in [2.45, 2.75) is 0 Å². The van der Waals surface area contributed by atoms with Crippen molar-refractivity contribution in [2.24, 2.45) is 0 Å². The second kappa shape index (κ2) is 14.7. The highest BCUT2D eigenvalue weighted by molar-refractivity contribution is 6.26. The third kappa shape index (κ3) is 5.98. The van der Waals surface area contributed by atoms with Crippen molar-refractivity contribution in [3.8, 4) is 67.8 Å². The van der Waals surface area contributed by atoms with E-state index in [1.807, 2.05) is 6.07 Å². The Kier molecular flexibility index (Phi) is 8.42. The second-order valence-corrected chi connectivity index (χ2v) is 15.6. The lowest BCUT2D eigenvalue weighted by Crippen LogP contribution is -2.06. The van der Waals surface area contributed by atoms with Gasteiger partial charge in [-0.25, -0.2) is 4.98 Å². The zero-order chi connectivity index (χ0) is 41.0. The third-order valence-corrected chi connectivity index (χ3v) is 12.0. The van der Waals surface area contributed by atoms with Gasteiger partial charge in [0, 0.05) is 38.4 Å². The van der Waals surface area contributed by atoms with Gasteiger partial charge in [0.05, 0.1) is 22.1 Å². The van der Waals surface area contributed by atoms with Crippen molar-refractivity contribution < 1.29 is 0 Å². The highest BCUT2D eigenvalue weighted by atomic mass is 15.2. The van der Waals surface area contributed by atoms with Crippen LogP contribution in [-0.2, 0) is 0 Å². The summed E-state index contributed by atoms with van der Waals surface area (Å²) in [7, 11) is 0. The summed E-state index contributed by atoms with van der Waals surface area (Å²) in [6, 6.07) is 79.2. The number of benzene rings is 9. The van der Waals surface area contributed by atoms with Gasteiger partial charge in [-0.15, -0.1) is 0 Å². The average Bonchev–Trinajstić information content (AvgIpc) is 3.88. The molecule has 0 bridgehead atoms. The van der Waals surface area contributed by atoms with Gasteiger partial charge in [-0.05, 0) is 69.8 Å². The Morgan fingerprint density at radius 1 is 0.274 bits per heavy atom. The first-order chi connectivity index (χ1) is 30.7. The highest BCUT2D eigenvalue weighted by Crippen LogP contribution is 2.42. The lowest BCUT2D eigenvalue weighted by Gasteiger charge is -2.12. The standard InChI is InChI=1S/C57H37N5/c1-4-15-38(16-5-1)40-27-31-42(32-28-40)55-58-56(43-33-29-41(30-34-43)45-20-14-19-44(37-45)39-17-6-2-7-18-39)60-57(59-55)62-51-26-13-11-24-49(51)53-52(62)36-35-48-47-23-10-12-25-50(47)61(54(48)53)46-21-8-3-9-22-46/h1-37H. The molecule has 0 amide bonds. The van der Waals surface area contributed by atoms with Gasteiger partial charge >= 0.3 is 0 Å². The van der Waals surface area contributed by atoms with Crippen molar-refractivity contribution in [1.29, 1.82) is 0 Å². The zero-order valence-corrected chi connectivity index (χ0v) is 33.6.